The average Bonchev–Trinajstić information content (AvgIpc) is 2.36. The third-order valence-electron chi connectivity index (χ3n) is 2.83. The Hall–Kier alpha value is -1.95. The summed E-state index contributed by atoms with van der Waals surface area (Å²) in [6.45, 7) is 0. The number of nitrogen functional groups attached to an aromatic ring is 1. The average molecular weight is 297 g/mol. The third-order valence-corrected chi connectivity index (χ3v) is 4.59. The van der Waals surface area contributed by atoms with Gasteiger partial charge in [0.05, 0.1) is 5.75 Å². The highest BCUT2D eigenvalue weighted by atomic mass is 32.2. The number of sulfone groups is 1. The maximum Gasteiger partial charge on any atom is 0.184 e. The smallest absolute Gasteiger partial charge is 0.184 e. The van der Waals surface area contributed by atoms with Gasteiger partial charge in [0.15, 0.2) is 9.84 Å². The molecule has 20 heavy (non-hydrogen) atoms. The highest BCUT2D eigenvalue weighted by Gasteiger charge is 2.24. The normalized spacial score (nSPS) is 11.5. The van der Waals surface area contributed by atoms with Gasteiger partial charge in [-0.1, -0.05) is 30.3 Å². The SMILES string of the molecule is Nc1cc(F)c(S(=O)(=O)CCc2ccccc2)c(F)c1. The molecule has 106 valence electrons. The van der Waals surface area contributed by atoms with Crippen molar-refractivity contribution in [2.75, 3.05) is 11.5 Å². The first-order valence-corrected chi connectivity index (χ1v) is 7.56. The van der Waals surface area contributed by atoms with Crippen LogP contribution >= 0.6 is 0 Å². The second-order valence-electron chi connectivity index (χ2n) is 4.37. The van der Waals surface area contributed by atoms with Crippen molar-refractivity contribution in [2.24, 2.45) is 0 Å². The van der Waals surface area contributed by atoms with Crippen LogP contribution in [0.15, 0.2) is 47.4 Å². The molecule has 0 aromatic heterocycles. The quantitative estimate of drug-likeness (QED) is 0.882. The Kier molecular flexibility index (Phi) is 4.04. The van der Waals surface area contributed by atoms with Gasteiger partial charge in [-0.15, -0.1) is 0 Å². The van der Waals surface area contributed by atoms with Gasteiger partial charge in [0.25, 0.3) is 0 Å². The van der Waals surface area contributed by atoms with E-state index in [0.29, 0.717) is 0 Å². The molecule has 0 aliphatic heterocycles. The zero-order valence-corrected chi connectivity index (χ0v) is 11.3. The number of nitrogens with two attached hydrogens (primary N) is 1. The number of halogens is 2. The molecule has 3 nitrogen and oxygen atoms in total. The zero-order chi connectivity index (χ0) is 14.8. The van der Waals surface area contributed by atoms with Crippen LogP contribution in [-0.4, -0.2) is 14.2 Å². The molecule has 0 atom stereocenters. The molecule has 2 N–H and O–H groups in total. The van der Waals surface area contributed by atoms with E-state index in [9.17, 15) is 17.2 Å². The first-order chi connectivity index (χ1) is 9.40. The lowest BCUT2D eigenvalue weighted by Crippen LogP contribution is -2.13. The molecule has 0 saturated heterocycles. The fourth-order valence-corrected chi connectivity index (χ4v) is 3.30. The fraction of sp³-hybridized carbons (Fsp3) is 0.143. The second-order valence-corrected chi connectivity index (χ2v) is 6.41. The van der Waals surface area contributed by atoms with E-state index in [-0.39, 0.29) is 17.9 Å². The molecule has 0 saturated carbocycles. The molecule has 0 fully saturated rings. The number of rotatable bonds is 4. The van der Waals surface area contributed by atoms with Crippen LogP contribution < -0.4 is 5.73 Å². The highest BCUT2D eigenvalue weighted by Crippen LogP contribution is 2.23. The molecule has 0 aliphatic rings. The molecule has 6 heteroatoms. The first-order valence-electron chi connectivity index (χ1n) is 5.91. The Morgan fingerprint density at radius 1 is 1.00 bits per heavy atom. The molecule has 2 aromatic carbocycles. The van der Waals surface area contributed by atoms with E-state index in [1.165, 1.54) is 0 Å². The maximum atomic E-state index is 13.6. The molecule has 2 aromatic rings. The van der Waals surface area contributed by atoms with E-state index in [4.69, 9.17) is 5.73 Å². The van der Waals surface area contributed by atoms with E-state index < -0.39 is 26.4 Å². The Balaban J connectivity index is 2.28. The lowest BCUT2D eigenvalue weighted by atomic mass is 10.2. The third kappa shape index (κ3) is 3.14. The van der Waals surface area contributed by atoms with E-state index in [0.717, 1.165) is 17.7 Å². The van der Waals surface area contributed by atoms with Crippen molar-refractivity contribution in [1.29, 1.82) is 0 Å². The van der Waals surface area contributed by atoms with Gasteiger partial charge < -0.3 is 5.73 Å². The molecule has 0 unspecified atom stereocenters. The van der Waals surface area contributed by atoms with E-state index in [1.54, 1.807) is 30.3 Å². The Labute approximate surface area is 116 Å². The summed E-state index contributed by atoms with van der Waals surface area (Å²) >= 11 is 0. The van der Waals surface area contributed by atoms with Gasteiger partial charge in [0.2, 0.25) is 0 Å². The topological polar surface area (TPSA) is 60.2 Å². The number of hydrogen-bond acceptors (Lipinski definition) is 3. The van der Waals surface area contributed by atoms with E-state index in [1.807, 2.05) is 0 Å². The number of hydrogen-bond donors (Lipinski definition) is 1. The van der Waals surface area contributed by atoms with Gasteiger partial charge in [0, 0.05) is 5.69 Å². The highest BCUT2D eigenvalue weighted by molar-refractivity contribution is 7.91. The lowest BCUT2D eigenvalue weighted by Gasteiger charge is -2.08. The molecule has 0 bridgehead atoms. The largest absolute Gasteiger partial charge is 0.399 e. The van der Waals surface area contributed by atoms with Crippen LogP contribution in [-0.2, 0) is 16.3 Å². The molecule has 0 spiro atoms. The van der Waals surface area contributed by atoms with Crippen molar-refractivity contribution in [2.45, 2.75) is 11.3 Å². The number of aryl methyl sites for hydroxylation is 1. The summed E-state index contributed by atoms with van der Waals surface area (Å²) in [6, 6.07) is 10.5. The first kappa shape index (κ1) is 14.5. The van der Waals surface area contributed by atoms with Crippen molar-refractivity contribution in [3.8, 4) is 0 Å². The van der Waals surface area contributed by atoms with Crippen LogP contribution in [0.25, 0.3) is 0 Å². The van der Waals surface area contributed by atoms with Crippen LogP contribution in [0.1, 0.15) is 5.56 Å². The molecule has 0 aliphatic carbocycles. The van der Waals surface area contributed by atoms with Gasteiger partial charge >= 0.3 is 0 Å². The van der Waals surface area contributed by atoms with Crippen molar-refractivity contribution >= 4 is 15.5 Å². The Morgan fingerprint density at radius 3 is 2.10 bits per heavy atom. The fourth-order valence-electron chi connectivity index (χ4n) is 1.88. The summed E-state index contributed by atoms with van der Waals surface area (Å²) in [4.78, 5) is -0.914. The predicted octanol–water partition coefficient (Wildman–Crippen LogP) is 2.56. The maximum absolute atomic E-state index is 13.6. The standard InChI is InChI=1S/C14H13F2NO2S/c15-12-8-11(17)9-13(16)14(12)20(18,19)7-6-10-4-2-1-3-5-10/h1-5,8-9H,6-7,17H2. The van der Waals surface area contributed by atoms with E-state index in [2.05, 4.69) is 0 Å². The van der Waals surface area contributed by atoms with Gasteiger partial charge in [-0.2, -0.15) is 0 Å². The van der Waals surface area contributed by atoms with Crippen molar-refractivity contribution in [3.05, 3.63) is 59.7 Å². The summed E-state index contributed by atoms with van der Waals surface area (Å²) in [5, 5.41) is 0. The molecular weight excluding hydrogens is 284 g/mol. The van der Waals surface area contributed by atoms with Crippen molar-refractivity contribution < 1.29 is 17.2 Å². The lowest BCUT2D eigenvalue weighted by molar-refractivity contribution is 0.520. The predicted molar refractivity (Wildman–Crippen MR) is 73.0 cm³/mol. The second kappa shape index (κ2) is 5.58. The number of benzene rings is 2. The van der Waals surface area contributed by atoms with Crippen LogP contribution in [0.5, 0.6) is 0 Å². The summed E-state index contributed by atoms with van der Waals surface area (Å²) in [6.07, 6.45) is 0.187. The minimum absolute atomic E-state index is 0.151. The molecule has 2 rings (SSSR count). The van der Waals surface area contributed by atoms with Gasteiger partial charge in [0.1, 0.15) is 16.5 Å². The zero-order valence-electron chi connectivity index (χ0n) is 10.5. The summed E-state index contributed by atoms with van der Waals surface area (Å²) in [5.41, 5.74) is 5.90. The molecule has 0 radical (unpaired) electrons. The molecular formula is C14H13F2NO2S. The molecule has 0 amide bonds. The molecule has 0 heterocycles. The van der Waals surface area contributed by atoms with Crippen LogP contribution in [0.3, 0.4) is 0 Å². The van der Waals surface area contributed by atoms with Crippen LogP contribution in [0.2, 0.25) is 0 Å². The minimum atomic E-state index is -4.04. The van der Waals surface area contributed by atoms with Gasteiger partial charge in [-0.3, -0.25) is 0 Å². The van der Waals surface area contributed by atoms with Crippen molar-refractivity contribution in [3.63, 3.8) is 0 Å². The minimum Gasteiger partial charge on any atom is -0.399 e. The van der Waals surface area contributed by atoms with Gasteiger partial charge in [-0.05, 0) is 24.1 Å². The van der Waals surface area contributed by atoms with Crippen molar-refractivity contribution in [1.82, 2.24) is 0 Å². The van der Waals surface area contributed by atoms with E-state index >= 15 is 0 Å². The van der Waals surface area contributed by atoms with Crippen LogP contribution in [0.4, 0.5) is 14.5 Å². The Bertz CT molecular complexity index is 692. The van der Waals surface area contributed by atoms with Crippen LogP contribution in [0, 0.1) is 11.6 Å². The van der Waals surface area contributed by atoms with Gasteiger partial charge in [-0.25, -0.2) is 17.2 Å². The summed E-state index contributed by atoms with van der Waals surface area (Å²) in [7, 11) is -4.04. The summed E-state index contributed by atoms with van der Waals surface area (Å²) in [5.74, 6) is -2.68. The number of anilines is 1. The summed E-state index contributed by atoms with van der Waals surface area (Å²) < 4.78 is 51.3. The Morgan fingerprint density at radius 2 is 1.55 bits per heavy atom. The monoisotopic (exact) mass is 297 g/mol.